The number of amides is 1. The van der Waals surface area contributed by atoms with Crippen LogP contribution in [0.5, 0.6) is 0 Å². The molecule has 0 fully saturated rings. The van der Waals surface area contributed by atoms with Crippen molar-refractivity contribution in [1.29, 1.82) is 0 Å². The molecule has 2 N–H and O–H groups in total. The number of carbonyl (C=O) groups excluding carboxylic acids is 2. The first kappa shape index (κ1) is 21.6. The number of rotatable bonds is 6. The predicted molar refractivity (Wildman–Crippen MR) is 114 cm³/mol. The normalized spacial score (nSPS) is 10.9. The molecule has 1 heterocycles. The van der Waals surface area contributed by atoms with Gasteiger partial charge in [-0.05, 0) is 45.0 Å². The highest BCUT2D eigenvalue weighted by Gasteiger charge is 2.19. The van der Waals surface area contributed by atoms with Crippen LogP contribution in [0, 0.1) is 20.8 Å². The summed E-state index contributed by atoms with van der Waals surface area (Å²) in [6, 6.07) is 13.4. The van der Waals surface area contributed by atoms with Crippen molar-refractivity contribution in [1.82, 2.24) is 9.78 Å². The van der Waals surface area contributed by atoms with E-state index in [0.29, 0.717) is 22.8 Å². The van der Waals surface area contributed by atoms with Crippen LogP contribution in [0.25, 0.3) is 0 Å². The molecule has 1 amide bonds. The van der Waals surface area contributed by atoms with Gasteiger partial charge >= 0.3 is 5.97 Å². The maximum Gasteiger partial charge on any atom is 0.337 e. The Morgan fingerprint density at radius 2 is 1.68 bits per heavy atom. The Kier molecular flexibility index (Phi) is 6.35. The van der Waals surface area contributed by atoms with Crippen LogP contribution in [0.3, 0.4) is 0 Å². The van der Waals surface area contributed by atoms with Crippen molar-refractivity contribution < 1.29 is 19.5 Å². The summed E-state index contributed by atoms with van der Waals surface area (Å²) < 4.78 is 1.11. The van der Waals surface area contributed by atoms with Gasteiger partial charge in [-0.1, -0.05) is 29.8 Å². The minimum absolute atomic E-state index is 0.0119. The molecule has 0 aliphatic rings. The smallest absolute Gasteiger partial charge is 0.337 e. The third-order valence-electron chi connectivity index (χ3n) is 4.53. The third kappa shape index (κ3) is 5.08. The van der Waals surface area contributed by atoms with Crippen LogP contribution in [-0.2, 0) is 4.79 Å². The van der Waals surface area contributed by atoms with Crippen molar-refractivity contribution in [3.63, 3.8) is 0 Å². The lowest BCUT2D eigenvalue weighted by Gasteiger charge is -2.06. The molecule has 1 aromatic heterocycles. The molecule has 0 aliphatic heterocycles. The first-order valence-corrected chi connectivity index (χ1v) is 9.46. The quantitative estimate of drug-likeness (QED) is 0.446. The molecule has 0 saturated heterocycles. The molecular weight excluding hydrogens is 398 g/mol. The van der Waals surface area contributed by atoms with Crippen LogP contribution in [0.1, 0.15) is 38.5 Å². The number of aromatic carboxylic acids is 1. The number of aryl methyl sites for hydroxylation is 2. The van der Waals surface area contributed by atoms with Crippen molar-refractivity contribution in [2.24, 2.45) is 10.2 Å². The van der Waals surface area contributed by atoms with Crippen molar-refractivity contribution in [2.45, 2.75) is 27.2 Å². The number of hydrogen-bond donors (Lipinski definition) is 2. The summed E-state index contributed by atoms with van der Waals surface area (Å²) in [5.74, 6) is -2.09. The van der Waals surface area contributed by atoms with Crippen LogP contribution >= 0.6 is 0 Å². The fraction of sp³-hybridized carbons (Fsp3) is 0.182. The van der Waals surface area contributed by atoms with E-state index in [1.165, 1.54) is 12.1 Å². The fourth-order valence-corrected chi connectivity index (χ4v) is 2.92. The zero-order chi connectivity index (χ0) is 22.5. The summed E-state index contributed by atoms with van der Waals surface area (Å²) in [5, 5.41) is 24.2. The molecule has 31 heavy (non-hydrogen) atoms. The van der Waals surface area contributed by atoms with E-state index in [9.17, 15) is 19.5 Å². The average molecular weight is 419 g/mol. The topological polar surface area (TPSA) is 126 Å². The Hall–Kier alpha value is -4.14. The van der Waals surface area contributed by atoms with E-state index in [1.807, 2.05) is 19.1 Å². The molecule has 0 atom stereocenters. The van der Waals surface area contributed by atoms with Crippen molar-refractivity contribution >= 4 is 34.8 Å². The van der Waals surface area contributed by atoms with Crippen molar-refractivity contribution in [3.8, 4) is 0 Å². The lowest BCUT2D eigenvalue weighted by molar-refractivity contribution is -0.115. The van der Waals surface area contributed by atoms with Gasteiger partial charge in [-0.3, -0.25) is 9.59 Å². The third-order valence-corrected chi connectivity index (χ3v) is 4.53. The summed E-state index contributed by atoms with van der Waals surface area (Å²) in [6.07, 6.45) is -0.395. The molecule has 0 bridgehead atoms. The number of nitrogens with one attached hydrogen (secondary N) is 1. The van der Waals surface area contributed by atoms with Gasteiger partial charge in [0.15, 0.2) is 0 Å². The molecule has 2 aromatic carbocycles. The van der Waals surface area contributed by atoms with Crippen LogP contribution < -0.4 is 5.32 Å². The van der Waals surface area contributed by atoms with Gasteiger partial charge in [0.2, 0.25) is 5.91 Å². The van der Waals surface area contributed by atoms with Crippen LogP contribution in [0.15, 0.2) is 58.8 Å². The zero-order valence-corrected chi connectivity index (χ0v) is 17.3. The van der Waals surface area contributed by atoms with Gasteiger partial charge in [0.25, 0.3) is 5.91 Å². The number of benzene rings is 2. The van der Waals surface area contributed by atoms with Gasteiger partial charge in [-0.2, -0.15) is 5.10 Å². The molecule has 9 nitrogen and oxygen atoms in total. The second kappa shape index (κ2) is 9.12. The monoisotopic (exact) mass is 419 g/mol. The van der Waals surface area contributed by atoms with E-state index in [1.54, 1.807) is 38.1 Å². The van der Waals surface area contributed by atoms with Crippen LogP contribution in [0.4, 0.5) is 17.1 Å². The Bertz CT molecular complexity index is 1180. The van der Waals surface area contributed by atoms with Crippen molar-refractivity contribution in [2.75, 3.05) is 5.32 Å². The largest absolute Gasteiger partial charge is 0.478 e. The number of carboxylic acids is 1. The second-order valence-electron chi connectivity index (χ2n) is 6.94. The number of carbonyl (C=O) groups is 3. The molecule has 3 rings (SSSR count). The molecule has 9 heteroatoms. The number of hydrogen-bond acceptors (Lipinski definition) is 6. The second-order valence-corrected chi connectivity index (χ2v) is 6.94. The van der Waals surface area contributed by atoms with Gasteiger partial charge in [0.05, 0.1) is 17.0 Å². The average Bonchev–Trinajstić information content (AvgIpc) is 3.02. The molecule has 0 spiro atoms. The Balaban J connectivity index is 1.76. The van der Waals surface area contributed by atoms with E-state index in [0.717, 1.165) is 10.2 Å². The van der Waals surface area contributed by atoms with Crippen LogP contribution in [0.2, 0.25) is 0 Å². The Labute approximate surface area is 178 Å². The molecule has 0 aliphatic carbocycles. The first-order chi connectivity index (χ1) is 14.8. The molecule has 158 valence electrons. The van der Waals surface area contributed by atoms with Crippen molar-refractivity contribution in [3.05, 3.63) is 71.0 Å². The van der Waals surface area contributed by atoms with Crippen LogP contribution in [-0.4, -0.2) is 32.7 Å². The number of aromatic nitrogens is 2. The molecule has 0 saturated carbocycles. The van der Waals surface area contributed by atoms with E-state index in [2.05, 4.69) is 20.6 Å². The Morgan fingerprint density at radius 1 is 1.00 bits per heavy atom. The number of azo groups is 1. The van der Waals surface area contributed by atoms with Gasteiger partial charge in [-0.15, -0.1) is 10.2 Å². The summed E-state index contributed by atoms with van der Waals surface area (Å²) in [7, 11) is 0. The number of nitrogens with zero attached hydrogens (tertiary/aromatic N) is 4. The minimum Gasteiger partial charge on any atom is -0.478 e. The Morgan fingerprint density at radius 3 is 2.35 bits per heavy atom. The zero-order valence-electron chi connectivity index (χ0n) is 17.3. The SMILES string of the molecule is Cc1ccc(NC(=O)CC(=O)n2nc(C)c(N=Nc3ccccc3C(=O)O)c2C)cc1. The lowest BCUT2D eigenvalue weighted by Crippen LogP contribution is -2.22. The standard InChI is InChI=1S/C22H21N5O4/c1-13-8-10-16(11-9-13)23-19(28)12-20(29)27-15(3)21(14(2)26-27)25-24-18-7-5-4-6-17(18)22(30)31/h4-11H,12H2,1-3H3,(H,23,28)(H,30,31). The lowest BCUT2D eigenvalue weighted by atomic mass is 10.2. The number of carboxylic acid groups (broad SMARTS) is 1. The van der Waals surface area contributed by atoms with E-state index < -0.39 is 24.2 Å². The number of anilines is 1. The fourth-order valence-electron chi connectivity index (χ4n) is 2.92. The highest BCUT2D eigenvalue weighted by Crippen LogP contribution is 2.27. The van der Waals surface area contributed by atoms with E-state index in [4.69, 9.17) is 0 Å². The maximum absolute atomic E-state index is 12.6. The maximum atomic E-state index is 12.6. The molecular formula is C22H21N5O4. The van der Waals surface area contributed by atoms with Gasteiger partial charge in [0.1, 0.15) is 17.8 Å². The molecule has 0 unspecified atom stereocenters. The summed E-state index contributed by atoms with van der Waals surface area (Å²) in [4.78, 5) is 36.1. The summed E-state index contributed by atoms with van der Waals surface area (Å²) in [5.41, 5.74) is 3.03. The first-order valence-electron chi connectivity index (χ1n) is 9.46. The predicted octanol–water partition coefficient (Wildman–Crippen LogP) is 4.59. The summed E-state index contributed by atoms with van der Waals surface area (Å²) >= 11 is 0. The minimum atomic E-state index is -1.12. The van der Waals surface area contributed by atoms with Gasteiger partial charge in [0, 0.05) is 5.69 Å². The summed E-state index contributed by atoms with van der Waals surface area (Å²) in [6.45, 7) is 5.22. The highest BCUT2D eigenvalue weighted by molar-refractivity contribution is 6.04. The highest BCUT2D eigenvalue weighted by atomic mass is 16.4. The molecule has 3 aromatic rings. The van der Waals surface area contributed by atoms with Gasteiger partial charge in [-0.25, -0.2) is 9.48 Å². The van der Waals surface area contributed by atoms with E-state index >= 15 is 0 Å². The molecule has 0 radical (unpaired) electrons. The van der Waals surface area contributed by atoms with Gasteiger partial charge < -0.3 is 10.4 Å². The van der Waals surface area contributed by atoms with E-state index in [-0.39, 0.29) is 11.3 Å².